The van der Waals surface area contributed by atoms with E-state index >= 15 is 0 Å². The van der Waals surface area contributed by atoms with Crippen molar-refractivity contribution in [1.82, 2.24) is 5.32 Å². The van der Waals surface area contributed by atoms with Crippen molar-refractivity contribution in [3.63, 3.8) is 0 Å². The molecule has 1 aliphatic carbocycles. The number of halogens is 1. The van der Waals surface area contributed by atoms with Crippen molar-refractivity contribution in [2.45, 2.75) is 38.6 Å². The van der Waals surface area contributed by atoms with Crippen LogP contribution in [0.5, 0.6) is 0 Å². The largest absolute Gasteiger partial charge is 0.355 e. The van der Waals surface area contributed by atoms with Gasteiger partial charge in [0.2, 0.25) is 11.8 Å². The Bertz CT molecular complexity index is 562. The molecule has 2 atom stereocenters. The van der Waals surface area contributed by atoms with Gasteiger partial charge in [0.1, 0.15) is 0 Å². The molecule has 1 aromatic carbocycles. The summed E-state index contributed by atoms with van der Waals surface area (Å²) in [6, 6.07) is 5.87. The van der Waals surface area contributed by atoms with Gasteiger partial charge in [-0.15, -0.1) is 0 Å². The summed E-state index contributed by atoms with van der Waals surface area (Å²) in [4.78, 5) is 23.9. The molecule has 120 valence electrons. The summed E-state index contributed by atoms with van der Waals surface area (Å²) < 4.78 is 0.916. The van der Waals surface area contributed by atoms with Gasteiger partial charge < -0.3 is 16.4 Å². The molecular formula is C16H22BrN3O2. The standard InChI is InChI=1S/C16H22BrN3O2/c1-10-2-4-12(17)9-14(10)20-15(21)6-7-19-16(22)11-3-5-13(18)8-11/h2,4,9,11,13H,3,5-8,18H2,1H3,(H,19,22)(H,20,21). The Morgan fingerprint density at radius 1 is 1.36 bits per heavy atom. The van der Waals surface area contributed by atoms with Crippen LogP contribution in [-0.2, 0) is 9.59 Å². The number of benzene rings is 1. The van der Waals surface area contributed by atoms with Crippen LogP contribution >= 0.6 is 15.9 Å². The van der Waals surface area contributed by atoms with Gasteiger partial charge in [-0.05, 0) is 43.9 Å². The van der Waals surface area contributed by atoms with Gasteiger partial charge in [0.05, 0.1) is 0 Å². The molecule has 4 N–H and O–H groups in total. The van der Waals surface area contributed by atoms with Gasteiger partial charge >= 0.3 is 0 Å². The zero-order valence-electron chi connectivity index (χ0n) is 12.7. The zero-order chi connectivity index (χ0) is 16.1. The molecule has 1 fully saturated rings. The Morgan fingerprint density at radius 2 is 2.14 bits per heavy atom. The summed E-state index contributed by atoms with van der Waals surface area (Å²) in [5.41, 5.74) is 7.59. The van der Waals surface area contributed by atoms with Gasteiger partial charge in [0.15, 0.2) is 0 Å². The van der Waals surface area contributed by atoms with E-state index in [1.807, 2.05) is 25.1 Å². The molecule has 2 rings (SSSR count). The molecule has 1 aliphatic rings. The summed E-state index contributed by atoms with van der Waals surface area (Å²) in [7, 11) is 0. The molecule has 0 aliphatic heterocycles. The van der Waals surface area contributed by atoms with Crippen LogP contribution in [0.1, 0.15) is 31.2 Å². The quantitative estimate of drug-likeness (QED) is 0.746. The van der Waals surface area contributed by atoms with Gasteiger partial charge in [-0.25, -0.2) is 0 Å². The van der Waals surface area contributed by atoms with E-state index < -0.39 is 0 Å². The number of rotatable bonds is 5. The lowest BCUT2D eigenvalue weighted by Crippen LogP contribution is -2.32. The lowest BCUT2D eigenvalue weighted by molar-refractivity contribution is -0.124. The van der Waals surface area contributed by atoms with Gasteiger partial charge in [-0.3, -0.25) is 9.59 Å². The SMILES string of the molecule is Cc1ccc(Br)cc1NC(=O)CCNC(=O)C1CCC(N)C1. The second-order valence-electron chi connectivity index (χ2n) is 5.82. The maximum absolute atomic E-state index is 11.9. The Hall–Kier alpha value is -1.40. The molecule has 1 saturated carbocycles. The van der Waals surface area contributed by atoms with Crippen LogP contribution in [0.4, 0.5) is 5.69 Å². The van der Waals surface area contributed by atoms with E-state index in [-0.39, 0.29) is 30.2 Å². The Balaban J connectivity index is 1.74. The number of carbonyl (C=O) groups is 2. The van der Waals surface area contributed by atoms with E-state index in [1.165, 1.54) is 0 Å². The molecule has 22 heavy (non-hydrogen) atoms. The molecule has 0 bridgehead atoms. The van der Waals surface area contributed by atoms with Crippen molar-refractivity contribution in [2.24, 2.45) is 11.7 Å². The van der Waals surface area contributed by atoms with E-state index in [2.05, 4.69) is 26.6 Å². The maximum atomic E-state index is 11.9. The second-order valence-corrected chi connectivity index (χ2v) is 6.73. The smallest absolute Gasteiger partial charge is 0.226 e. The lowest BCUT2D eigenvalue weighted by Gasteiger charge is -2.12. The Morgan fingerprint density at radius 3 is 2.82 bits per heavy atom. The van der Waals surface area contributed by atoms with Gasteiger partial charge in [-0.2, -0.15) is 0 Å². The fourth-order valence-electron chi connectivity index (χ4n) is 2.64. The average molecular weight is 368 g/mol. The number of nitrogens with one attached hydrogen (secondary N) is 2. The van der Waals surface area contributed by atoms with Crippen molar-refractivity contribution in [3.05, 3.63) is 28.2 Å². The van der Waals surface area contributed by atoms with Crippen molar-refractivity contribution in [2.75, 3.05) is 11.9 Å². The molecule has 0 spiro atoms. The number of amides is 2. The van der Waals surface area contributed by atoms with Crippen LogP contribution in [0.3, 0.4) is 0 Å². The first-order valence-corrected chi connectivity index (χ1v) is 8.34. The number of nitrogens with two attached hydrogens (primary N) is 1. The minimum atomic E-state index is -0.107. The van der Waals surface area contributed by atoms with Gasteiger partial charge in [0.25, 0.3) is 0 Å². The van der Waals surface area contributed by atoms with E-state index in [9.17, 15) is 9.59 Å². The predicted octanol–water partition coefficient (Wildman–Crippen LogP) is 2.33. The van der Waals surface area contributed by atoms with Crippen LogP contribution in [-0.4, -0.2) is 24.4 Å². The van der Waals surface area contributed by atoms with E-state index in [1.54, 1.807) is 0 Å². The second kappa shape index (κ2) is 7.74. The first-order chi connectivity index (χ1) is 10.5. The molecule has 0 aromatic heterocycles. The molecule has 0 saturated heterocycles. The first-order valence-electron chi connectivity index (χ1n) is 7.55. The molecular weight excluding hydrogens is 346 g/mol. The monoisotopic (exact) mass is 367 g/mol. The van der Waals surface area contributed by atoms with Crippen molar-refractivity contribution < 1.29 is 9.59 Å². The van der Waals surface area contributed by atoms with Crippen LogP contribution < -0.4 is 16.4 Å². The summed E-state index contributed by atoms with van der Waals surface area (Å²) in [5.74, 6) is -0.0885. The fraction of sp³-hybridized carbons (Fsp3) is 0.500. The summed E-state index contributed by atoms with van der Waals surface area (Å²) in [6.07, 6.45) is 2.75. The number of carbonyl (C=O) groups excluding carboxylic acids is 2. The van der Waals surface area contributed by atoms with Crippen LogP contribution in [0.15, 0.2) is 22.7 Å². The molecule has 1 aromatic rings. The number of hydrogen-bond donors (Lipinski definition) is 3. The first kappa shape index (κ1) is 17.0. The summed E-state index contributed by atoms with van der Waals surface area (Å²) in [6.45, 7) is 2.29. The normalized spacial score (nSPS) is 20.7. The van der Waals surface area contributed by atoms with Gasteiger partial charge in [-0.1, -0.05) is 22.0 Å². The highest BCUT2D eigenvalue weighted by atomic mass is 79.9. The van der Waals surface area contributed by atoms with Crippen LogP contribution in [0.2, 0.25) is 0 Å². The number of hydrogen-bond acceptors (Lipinski definition) is 3. The van der Waals surface area contributed by atoms with Crippen LogP contribution in [0, 0.1) is 12.8 Å². The van der Waals surface area contributed by atoms with Crippen molar-refractivity contribution in [3.8, 4) is 0 Å². The number of aryl methyl sites for hydroxylation is 1. The summed E-state index contributed by atoms with van der Waals surface area (Å²) >= 11 is 3.38. The minimum Gasteiger partial charge on any atom is -0.355 e. The number of anilines is 1. The average Bonchev–Trinajstić information content (AvgIpc) is 2.89. The van der Waals surface area contributed by atoms with E-state index in [4.69, 9.17) is 5.73 Å². The third-order valence-electron chi connectivity index (χ3n) is 3.97. The molecule has 6 heteroatoms. The topological polar surface area (TPSA) is 84.2 Å². The molecule has 5 nitrogen and oxygen atoms in total. The molecule has 0 heterocycles. The fourth-order valence-corrected chi connectivity index (χ4v) is 3.00. The molecule has 0 radical (unpaired) electrons. The van der Waals surface area contributed by atoms with Crippen LogP contribution in [0.25, 0.3) is 0 Å². The predicted molar refractivity (Wildman–Crippen MR) is 90.5 cm³/mol. The Kier molecular flexibility index (Phi) is 5.97. The molecule has 2 amide bonds. The summed E-state index contributed by atoms with van der Waals surface area (Å²) in [5, 5.41) is 5.68. The maximum Gasteiger partial charge on any atom is 0.226 e. The lowest BCUT2D eigenvalue weighted by atomic mass is 10.1. The third kappa shape index (κ3) is 4.81. The highest BCUT2D eigenvalue weighted by Crippen LogP contribution is 2.24. The van der Waals surface area contributed by atoms with Gasteiger partial charge in [0, 0.05) is 35.1 Å². The highest BCUT2D eigenvalue weighted by molar-refractivity contribution is 9.10. The third-order valence-corrected chi connectivity index (χ3v) is 4.46. The highest BCUT2D eigenvalue weighted by Gasteiger charge is 2.27. The van der Waals surface area contributed by atoms with Crippen molar-refractivity contribution >= 4 is 33.4 Å². The molecule has 2 unspecified atom stereocenters. The van der Waals surface area contributed by atoms with Crippen molar-refractivity contribution in [1.29, 1.82) is 0 Å². The minimum absolute atomic E-state index is 0.00499. The van der Waals surface area contributed by atoms with E-state index in [0.29, 0.717) is 6.54 Å². The van der Waals surface area contributed by atoms with E-state index in [0.717, 1.165) is 35.0 Å². The zero-order valence-corrected chi connectivity index (χ0v) is 14.3. The Labute approximate surface area is 139 Å².